The van der Waals surface area contributed by atoms with Crippen molar-refractivity contribution in [3.8, 4) is 0 Å². The molecule has 0 saturated carbocycles. The third-order valence-electron chi connectivity index (χ3n) is 6.45. The summed E-state index contributed by atoms with van der Waals surface area (Å²) in [5.41, 5.74) is 1.48. The maximum Gasteiger partial charge on any atom is 0.327 e. The quantitative estimate of drug-likeness (QED) is 0.635. The van der Waals surface area contributed by atoms with Crippen LogP contribution in [-0.4, -0.2) is 65.4 Å². The van der Waals surface area contributed by atoms with Crippen LogP contribution in [0.1, 0.15) is 24.0 Å². The van der Waals surface area contributed by atoms with Gasteiger partial charge in [0.2, 0.25) is 0 Å². The Morgan fingerprint density at radius 1 is 1.00 bits per heavy atom. The first-order chi connectivity index (χ1) is 15.0. The predicted molar refractivity (Wildman–Crippen MR) is 124 cm³/mol. The molecule has 2 saturated heterocycles. The third kappa shape index (κ3) is 4.53. The molecule has 2 aliphatic heterocycles. The lowest BCUT2D eigenvalue weighted by Gasteiger charge is -2.40. The smallest absolute Gasteiger partial charge is 0.312 e. The fourth-order valence-corrected chi connectivity index (χ4v) is 4.84. The summed E-state index contributed by atoms with van der Waals surface area (Å²) in [5.74, 6) is -0.0542. The normalized spacial score (nSPS) is 19.5. The van der Waals surface area contributed by atoms with Gasteiger partial charge in [-0.2, -0.15) is 0 Å². The van der Waals surface area contributed by atoms with Crippen LogP contribution in [0.3, 0.4) is 0 Å². The molecule has 0 bridgehead atoms. The molecule has 162 valence electrons. The molecule has 2 heterocycles. The van der Waals surface area contributed by atoms with Crippen LogP contribution in [0.2, 0.25) is 0 Å². The first-order valence-electron chi connectivity index (χ1n) is 10.8. The van der Waals surface area contributed by atoms with Gasteiger partial charge >= 0.3 is 6.03 Å². The van der Waals surface area contributed by atoms with Gasteiger partial charge < -0.3 is 4.90 Å². The van der Waals surface area contributed by atoms with Gasteiger partial charge in [0.25, 0.3) is 5.91 Å². The second kappa shape index (κ2) is 9.25. The number of urea groups is 1. The van der Waals surface area contributed by atoms with E-state index in [1.165, 1.54) is 4.90 Å². The minimum absolute atomic E-state index is 0.0542. The highest BCUT2D eigenvalue weighted by molar-refractivity contribution is 6.31. The maximum atomic E-state index is 13.3. The molecule has 0 unspecified atom stereocenters. The van der Waals surface area contributed by atoms with E-state index in [9.17, 15) is 9.59 Å². The molecule has 5 nitrogen and oxygen atoms in total. The van der Waals surface area contributed by atoms with E-state index in [-0.39, 0.29) is 11.9 Å². The van der Waals surface area contributed by atoms with Crippen LogP contribution in [0.5, 0.6) is 0 Å². The van der Waals surface area contributed by atoms with Gasteiger partial charge in [-0.15, -0.1) is 0 Å². The van der Waals surface area contributed by atoms with E-state index >= 15 is 0 Å². The Morgan fingerprint density at radius 3 is 2.26 bits per heavy atom. The molecule has 2 fully saturated rings. The van der Waals surface area contributed by atoms with Crippen LogP contribution in [-0.2, 0) is 11.2 Å². The standard InChI is InChI=1S/C25H28ClN3O2/c1-27-24(31)29(15-12-20-8-4-2-5-9-20)23(30)25(27)13-16-28(17-14-25)19-22(26)18-21-10-6-3-7-11-21/h2-11,18H,12-17,19H2,1H3/b22-18-. The van der Waals surface area contributed by atoms with E-state index in [0.29, 0.717) is 32.4 Å². The largest absolute Gasteiger partial charge is 0.327 e. The lowest BCUT2D eigenvalue weighted by Crippen LogP contribution is -2.55. The molecule has 0 aromatic heterocycles. The molecule has 2 aliphatic rings. The summed E-state index contributed by atoms with van der Waals surface area (Å²) < 4.78 is 0. The fraction of sp³-hybridized carbons (Fsp3) is 0.360. The highest BCUT2D eigenvalue weighted by Gasteiger charge is 2.56. The number of rotatable bonds is 6. The number of piperidine rings is 1. The Bertz CT molecular complexity index is 953. The number of imide groups is 1. The Labute approximate surface area is 188 Å². The van der Waals surface area contributed by atoms with Crippen molar-refractivity contribution in [2.45, 2.75) is 24.8 Å². The number of hydrogen-bond acceptors (Lipinski definition) is 3. The third-order valence-corrected chi connectivity index (χ3v) is 6.68. The van der Waals surface area contributed by atoms with Gasteiger partial charge in [0.05, 0.1) is 0 Å². The Kier molecular flexibility index (Phi) is 6.44. The minimum atomic E-state index is -0.722. The van der Waals surface area contributed by atoms with Crippen LogP contribution >= 0.6 is 11.6 Å². The second-order valence-electron chi connectivity index (χ2n) is 8.34. The average molecular weight is 438 g/mol. The lowest BCUT2D eigenvalue weighted by atomic mass is 9.86. The number of halogens is 1. The molecule has 0 radical (unpaired) electrons. The van der Waals surface area contributed by atoms with E-state index in [0.717, 1.165) is 29.2 Å². The lowest BCUT2D eigenvalue weighted by molar-refractivity contribution is -0.135. The number of carbonyl (C=O) groups is 2. The van der Waals surface area contributed by atoms with Crippen LogP contribution in [0.15, 0.2) is 65.7 Å². The molecule has 0 atom stereocenters. The van der Waals surface area contributed by atoms with Crippen molar-refractivity contribution in [1.82, 2.24) is 14.7 Å². The second-order valence-corrected chi connectivity index (χ2v) is 8.83. The summed E-state index contributed by atoms with van der Waals surface area (Å²) in [6.45, 7) is 2.53. The summed E-state index contributed by atoms with van der Waals surface area (Å²) >= 11 is 6.48. The summed E-state index contributed by atoms with van der Waals surface area (Å²) in [7, 11) is 1.76. The topological polar surface area (TPSA) is 43.9 Å². The van der Waals surface area contributed by atoms with E-state index in [4.69, 9.17) is 11.6 Å². The summed E-state index contributed by atoms with van der Waals surface area (Å²) in [6, 6.07) is 19.8. The van der Waals surface area contributed by atoms with E-state index in [2.05, 4.69) is 4.90 Å². The summed E-state index contributed by atoms with van der Waals surface area (Å²) in [6.07, 6.45) is 3.92. The number of benzene rings is 2. The van der Waals surface area contributed by atoms with Crippen molar-refractivity contribution in [3.05, 3.63) is 76.8 Å². The Hall–Kier alpha value is -2.63. The van der Waals surface area contributed by atoms with Gasteiger partial charge in [-0.1, -0.05) is 72.3 Å². The van der Waals surface area contributed by atoms with Gasteiger partial charge in [-0.05, 0) is 36.5 Å². The molecule has 4 rings (SSSR count). The molecule has 3 amide bonds. The van der Waals surface area contributed by atoms with Crippen molar-refractivity contribution >= 4 is 29.6 Å². The van der Waals surface area contributed by atoms with Gasteiger partial charge in [-0.25, -0.2) is 4.79 Å². The number of nitrogens with zero attached hydrogens (tertiary/aromatic N) is 3. The molecule has 0 aliphatic carbocycles. The average Bonchev–Trinajstić information content (AvgIpc) is 2.96. The van der Waals surface area contributed by atoms with Gasteiger partial charge in [0.15, 0.2) is 0 Å². The molecular weight excluding hydrogens is 410 g/mol. The zero-order chi connectivity index (χ0) is 21.8. The van der Waals surface area contributed by atoms with Crippen LogP contribution in [0, 0.1) is 0 Å². The number of amides is 3. The monoisotopic (exact) mass is 437 g/mol. The van der Waals surface area contributed by atoms with Crippen molar-refractivity contribution in [1.29, 1.82) is 0 Å². The summed E-state index contributed by atoms with van der Waals surface area (Å²) in [4.78, 5) is 31.5. The zero-order valence-corrected chi connectivity index (χ0v) is 18.6. The Balaban J connectivity index is 1.37. The zero-order valence-electron chi connectivity index (χ0n) is 17.8. The highest BCUT2D eigenvalue weighted by Crippen LogP contribution is 2.36. The molecule has 2 aromatic rings. The van der Waals surface area contributed by atoms with Crippen molar-refractivity contribution in [3.63, 3.8) is 0 Å². The first-order valence-corrected chi connectivity index (χ1v) is 11.1. The predicted octanol–water partition coefficient (Wildman–Crippen LogP) is 4.24. The van der Waals surface area contributed by atoms with Gasteiger partial charge in [0.1, 0.15) is 5.54 Å². The van der Waals surface area contributed by atoms with Crippen LogP contribution in [0.25, 0.3) is 6.08 Å². The minimum Gasteiger partial charge on any atom is -0.312 e. The molecule has 6 heteroatoms. The van der Waals surface area contributed by atoms with Gasteiger partial charge in [-0.3, -0.25) is 14.6 Å². The SMILES string of the molecule is CN1C(=O)N(CCc2ccccc2)C(=O)C12CCN(C/C(Cl)=C/c1ccccc1)CC2. The van der Waals surface area contributed by atoms with Crippen molar-refractivity contribution in [2.75, 3.05) is 33.2 Å². The van der Waals surface area contributed by atoms with Crippen molar-refractivity contribution < 1.29 is 9.59 Å². The molecule has 31 heavy (non-hydrogen) atoms. The van der Waals surface area contributed by atoms with E-state index in [1.54, 1.807) is 11.9 Å². The maximum absolute atomic E-state index is 13.3. The number of hydrogen-bond donors (Lipinski definition) is 0. The molecule has 1 spiro atoms. The van der Waals surface area contributed by atoms with Gasteiger partial charge in [0, 0.05) is 38.3 Å². The fourth-order valence-electron chi connectivity index (χ4n) is 4.55. The molecular formula is C25H28ClN3O2. The van der Waals surface area contributed by atoms with E-state index < -0.39 is 5.54 Å². The van der Waals surface area contributed by atoms with Crippen LogP contribution in [0.4, 0.5) is 4.79 Å². The summed E-state index contributed by atoms with van der Waals surface area (Å²) in [5, 5.41) is 0.772. The molecule has 0 N–H and O–H groups in total. The number of likely N-dealkylation sites (tertiary alicyclic amines) is 1. The van der Waals surface area contributed by atoms with Crippen LogP contribution < -0.4 is 0 Å². The van der Waals surface area contributed by atoms with Crippen molar-refractivity contribution in [2.24, 2.45) is 0 Å². The molecule has 2 aromatic carbocycles. The Morgan fingerprint density at radius 2 is 1.61 bits per heavy atom. The highest BCUT2D eigenvalue weighted by atomic mass is 35.5. The number of likely N-dealkylation sites (N-methyl/N-ethyl adjacent to an activating group) is 1. The first kappa shape index (κ1) is 21.6. The van der Waals surface area contributed by atoms with E-state index in [1.807, 2.05) is 66.7 Å². The number of carbonyl (C=O) groups excluding carboxylic acids is 2.